The van der Waals surface area contributed by atoms with Crippen LogP contribution in [0.2, 0.25) is 0 Å². The smallest absolute Gasteiger partial charge is 0.161 e. The van der Waals surface area contributed by atoms with Crippen molar-refractivity contribution in [2.75, 3.05) is 17.6 Å². The highest BCUT2D eigenvalue weighted by atomic mass is 16.3. The van der Waals surface area contributed by atoms with Crippen molar-refractivity contribution in [3.05, 3.63) is 23.8 Å². The molecule has 1 aromatic carbocycles. The van der Waals surface area contributed by atoms with Gasteiger partial charge in [-0.1, -0.05) is 6.92 Å². The predicted octanol–water partition coefficient (Wildman–Crippen LogP) is 2.04. The predicted molar refractivity (Wildman–Crippen MR) is 70.3 cm³/mol. The quantitative estimate of drug-likeness (QED) is 0.540. The molecule has 1 rings (SSSR count). The molecule has 4 N–H and O–H groups in total. The monoisotopic (exact) mass is 236 g/mol. The molecular formula is C13H20N2O2. The molecule has 1 aromatic rings. The van der Waals surface area contributed by atoms with Crippen molar-refractivity contribution in [2.45, 2.75) is 32.8 Å². The molecule has 0 radical (unpaired) electrons. The lowest BCUT2D eigenvalue weighted by Crippen LogP contribution is -2.32. The van der Waals surface area contributed by atoms with E-state index in [9.17, 15) is 9.90 Å². The van der Waals surface area contributed by atoms with Gasteiger partial charge in [-0.15, -0.1) is 0 Å². The molecule has 94 valence electrons. The number of hydrogen-bond donors (Lipinski definition) is 3. The molecule has 0 saturated heterocycles. The van der Waals surface area contributed by atoms with Crippen LogP contribution in [-0.2, 0) is 0 Å². The molecule has 1 atom stereocenters. The van der Waals surface area contributed by atoms with E-state index < -0.39 is 5.60 Å². The second-order valence-corrected chi connectivity index (χ2v) is 4.56. The van der Waals surface area contributed by atoms with E-state index in [0.717, 1.165) is 5.69 Å². The largest absolute Gasteiger partial charge is 0.398 e. The van der Waals surface area contributed by atoms with Crippen molar-refractivity contribution >= 4 is 17.2 Å². The normalized spacial score (nSPS) is 14.1. The van der Waals surface area contributed by atoms with E-state index in [2.05, 4.69) is 5.32 Å². The summed E-state index contributed by atoms with van der Waals surface area (Å²) >= 11 is 0. The molecule has 0 aliphatic rings. The summed E-state index contributed by atoms with van der Waals surface area (Å²) in [7, 11) is 0. The van der Waals surface area contributed by atoms with Crippen LogP contribution < -0.4 is 11.1 Å². The minimum Gasteiger partial charge on any atom is -0.398 e. The molecule has 4 nitrogen and oxygen atoms in total. The first-order valence-corrected chi connectivity index (χ1v) is 5.72. The molecule has 0 fully saturated rings. The Labute approximate surface area is 102 Å². The number of Topliss-reactive ketones (excluding diaryl/α,β-unsaturated/α-hetero) is 1. The number of ketones is 1. The van der Waals surface area contributed by atoms with Crippen LogP contribution in [0.4, 0.5) is 11.4 Å². The van der Waals surface area contributed by atoms with Gasteiger partial charge in [-0.05, 0) is 38.5 Å². The van der Waals surface area contributed by atoms with E-state index in [1.54, 1.807) is 25.1 Å². The summed E-state index contributed by atoms with van der Waals surface area (Å²) in [5.74, 6) is -0.0617. The van der Waals surface area contributed by atoms with Crippen molar-refractivity contribution in [1.82, 2.24) is 0 Å². The van der Waals surface area contributed by atoms with Crippen LogP contribution >= 0.6 is 0 Å². The minimum absolute atomic E-state index is 0.0617. The number of carbonyl (C=O) groups is 1. The number of aliphatic hydroxyl groups is 1. The van der Waals surface area contributed by atoms with Crippen molar-refractivity contribution in [2.24, 2.45) is 0 Å². The van der Waals surface area contributed by atoms with Gasteiger partial charge < -0.3 is 16.2 Å². The summed E-state index contributed by atoms with van der Waals surface area (Å²) in [5, 5.41) is 13.0. The highest BCUT2D eigenvalue weighted by Gasteiger charge is 2.17. The first-order chi connectivity index (χ1) is 7.85. The SMILES string of the molecule is CCC(C)(O)CNc1ccc(N)c(C(C)=O)c1. The van der Waals surface area contributed by atoms with Crippen molar-refractivity contribution in [3.8, 4) is 0 Å². The van der Waals surface area contributed by atoms with Crippen LogP contribution in [0.25, 0.3) is 0 Å². The number of rotatable bonds is 5. The van der Waals surface area contributed by atoms with Gasteiger partial charge in [0, 0.05) is 23.5 Å². The van der Waals surface area contributed by atoms with Gasteiger partial charge >= 0.3 is 0 Å². The summed E-state index contributed by atoms with van der Waals surface area (Å²) in [4.78, 5) is 11.3. The van der Waals surface area contributed by atoms with E-state index in [0.29, 0.717) is 24.2 Å². The van der Waals surface area contributed by atoms with Gasteiger partial charge in [-0.3, -0.25) is 4.79 Å². The number of nitrogens with two attached hydrogens (primary N) is 1. The van der Waals surface area contributed by atoms with Crippen LogP contribution in [0.1, 0.15) is 37.6 Å². The topological polar surface area (TPSA) is 75.3 Å². The van der Waals surface area contributed by atoms with Crippen molar-refractivity contribution in [3.63, 3.8) is 0 Å². The fourth-order valence-corrected chi connectivity index (χ4v) is 1.39. The maximum absolute atomic E-state index is 11.3. The molecule has 0 heterocycles. The summed E-state index contributed by atoms with van der Waals surface area (Å²) in [6, 6.07) is 5.21. The number of anilines is 2. The third-order valence-electron chi connectivity index (χ3n) is 2.87. The second-order valence-electron chi connectivity index (χ2n) is 4.56. The standard InChI is InChI=1S/C13H20N2O2/c1-4-13(3,17)8-15-10-5-6-12(14)11(7-10)9(2)16/h5-7,15,17H,4,8,14H2,1-3H3. The van der Waals surface area contributed by atoms with Gasteiger partial charge in [0.25, 0.3) is 0 Å². The summed E-state index contributed by atoms with van der Waals surface area (Å²) in [5.41, 5.74) is 6.72. The number of nitrogen functional groups attached to an aromatic ring is 1. The average molecular weight is 236 g/mol. The summed E-state index contributed by atoms with van der Waals surface area (Å²) in [6.45, 7) is 5.61. The Bertz CT molecular complexity index is 414. The third kappa shape index (κ3) is 3.75. The molecule has 4 heteroatoms. The Morgan fingerprint density at radius 3 is 2.71 bits per heavy atom. The molecule has 0 aromatic heterocycles. The Hall–Kier alpha value is -1.55. The number of nitrogens with one attached hydrogen (secondary N) is 1. The Morgan fingerprint density at radius 2 is 2.18 bits per heavy atom. The molecule has 0 aliphatic heterocycles. The average Bonchev–Trinajstić information content (AvgIpc) is 2.27. The third-order valence-corrected chi connectivity index (χ3v) is 2.87. The first-order valence-electron chi connectivity index (χ1n) is 5.72. The molecule has 0 bridgehead atoms. The number of carbonyl (C=O) groups excluding carboxylic acids is 1. The molecule has 0 spiro atoms. The summed E-state index contributed by atoms with van der Waals surface area (Å²) in [6.07, 6.45) is 0.661. The Kier molecular flexibility index (Phi) is 4.12. The van der Waals surface area contributed by atoms with Crippen LogP contribution in [0, 0.1) is 0 Å². The van der Waals surface area contributed by atoms with Crippen LogP contribution in [0.15, 0.2) is 18.2 Å². The summed E-state index contributed by atoms with van der Waals surface area (Å²) < 4.78 is 0. The zero-order valence-electron chi connectivity index (χ0n) is 10.6. The first kappa shape index (κ1) is 13.5. The highest BCUT2D eigenvalue weighted by Crippen LogP contribution is 2.19. The fourth-order valence-electron chi connectivity index (χ4n) is 1.39. The van der Waals surface area contributed by atoms with Crippen LogP contribution in [0.3, 0.4) is 0 Å². The van der Waals surface area contributed by atoms with Crippen molar-refractivity contribution < 1.29 is 9.90 Å². The van der Waals surface area contributed by atoms with Gasteiger partial charge in [0.15, 0.2) is 5.78 Å². The molecule has 0 saturated carbocycles. The fraction of sp³-hybridized carbons (Fsp3) is 0.462. The molecule has 17 heavy (non-hydrogen) atoms. The van der Waals surface area contributed by atoms with E-state index in [-0.39, 0.29) is 5.78 Å². The maximum atomic E-state index is 11.3. The molecule has 1 unspecified atom stereocenters. The number of benzene rings is 1. The lowest BCUT2D eigenvalue weighted by atomic mass is 10.0. The zero-order chi connectivity index (χ0) is 13.1. The molecule has 0 amide bonds. The Morgan fingerprint density at radius 1 is 1.53 bits per heavy atom. The van der Waals surface area contributed by atoms with Gasteiger partial charge in [-0.25, -0.2) is 0 Å². The van der Waals surface area contributed by atoms with E-state index in [1.165, 1.54) is 6.92 Å². The van der Waals surface area contributed by atoms with Gasteiger partial charge in [0.1, 0.15) is 0 Å². The Balaban J connectivity index is 2.80. The van der Waals surface area contributed by atoms with Crippen molar-refractivity contribution in [1.29, 1.82) is 0 Å². The van der Waals surface area contributed by atoms with E-state index >= 15 is 0 Å². The lowest BCUT2D eigenvalue weighted by Gasteiger charge is -2.22. The van der Waals surface area contributed by atoms with Gasteiger partial charge in [0.2, 0.25) is 0 Å². The van der Waals surface area contributed by atoms with E-state index in [4.69, 9.17) is 5.73 Å². The minimum atomic E-state index is -0.752. The lowest BCUT2D eigenvalue weighted by molar-refractivity contribution is 0.0697. The number of hydrogen-bond acceptors (Lipinski definition) is 4. The zero-order valence-corrected chi connectivity index (χ0v) is 10.6. The highest BCUT2D eigenvalue weighted by molar-refractivity contribution is 5.99. The second kappa shape index (κ2) is 5.19. The molecular weight excluding hydrogens is 216 g/mol. The van der Waals surface area contributed by atoms with Crippen LogP contribution in [-0.4, -0.2) is 23.0 Å². The van der Waals surface area contributed by atoms with Crippen LogP contribution in [0.5, 0.6) is 0 Å². The van der Waals surface area contributed by atoms with E-state index in [1.807, 2.05) is 6.92 Å². The van der Waals surface area contributed by atoms with Gasteiger partial charge in [-0.2, -0.15) is 0 Å². The van der Waals surface area contributed by atoms with Gasteiger partial charge in [0.05, 0.1) is 5.60 Å². The molecule has 0 aliphatic carbocycles. The maximum Gasteiger partial charge on any atom is 0.161 e.